The number of H-pyrrole nitrogens is 1. The molecule has 10 heteroatoms. The van der Waals surface area contributed by atoms with Crippen molar-refractivity contribution in [2.24, 2.45) is 0 Å². The van der Waals surface area contributed by atoms with Crippen molar-refractivity contribution in [1.29, 1.82) is 0 Å². The molecule has 1 aromatic heterocycles. The van der Waals surface area contributed by atoms with E-state index in [-0.39, 0.29) is 19.1 Å². The highest BCUT2D eigenvalue weighted by Crippen LogP contribution is 2.44. The second-order valence-electron chi connectivity index (χ2n) is 7.68. The summed E-state index contributed by atoms with van der Waals surface area (Å²) in [6.07, 6.45) is -1.46. The number of hydrogen-bond donors (Lipinski definition) is 4. The predicted molar refractivity (Wildman–Crippen MR) is 117 cm³/mol. The Labute approximate surface area is 189 Å². The Bertz CT molecular complexity index is 1150. The van der Waals surface area contributed by atoms with E-state index >= 15 is 0 Å². The number of benzene rings is 2. The molecule has 10 nitrogen and oxygen atoms in total. The van der Waals surface area contributed by atoms with Crippen molar-refractivity contribution in [2.75, 3.05) is 6.61 Å². The summed E-state index contributed by atoms with van der Waals surface area (Å²) in [5.74, 6) is -1.13. The zero-order chi connectivity index (χ0) is 23.4. The molecule has 0 fully saturated rings. The fourth-order valence-electron chi connectivity index (χ4n) is 3.92. The van der Waals surface area contributed by atoms with Crippen molar-refractivity contribution in [2.45, 2.75) is 31.8 Å². The van der Waals surface area contributed by atoms with E-state index in [1.54, 1.807) is 6.92 Å². The molecule has 2 amide bonds. The standard InChI is InChI=1S/C23H23N5O5/c1-13-25-20(28-27-13)11-24-22(31)19(10-21(29)30)26-23(32)33-12-18-16-8-4-2-6-14(16)15-7-3-5-9-17(15)18/h2-9,18-19H,10-12H2,1H3,(H,24,31)(H,26,32)(H,29,30)(H,25,27,28). The average molecular weight is 449 g/mol. The number of carboxylic acids is 1. The molecule has 33 heavy (non-hydrogen) atoms. The van der Waals surface area contributed by atoms with Gasteiger partial charge in [0.15, 0.2) is 5.82 Å². The molecule has 1 aliphatic rings. The maximum absolute atomic E-state index is 12.5. The summed E-state index contributed by atoms with van der Waals surface area (Å²) in [6, 6.07) is 14.5. The Balaban J connectivity index is 1.38. The van der Waals surface area contributed by atoms with Crippen LogP contribution in [0.2, 0.25) is 0 Å². The fraction of sp³-hybridized carbons (Fsp3) is 0.261. The summed E-state index contributed by atoms with van der Waals surface area (Å²) < 4.78 is 5.42. The number of ether oxygens (including phenoxy) is 1. The summed E-state index contributed by atoms with van der Waals surface area (Å²) in [7, 11) is 0. The van der Waals surface area contributed by atoms with Crippen LogP contribution in [0.15, 0.2) is 48.5 Å². The number of aryl methyl sites for hydroxylation is 1. The minimum Gasteiger partial charge on any atom is -0.481 e. The molecule has 1 aliphatic carbocycles. The number of aromatic nitrogens is 3. The number of aromatic amines is 1. The quantitative estimate of drug-likeness (QED) is 0.412. The number of alkyl carbamates (subject to hydrolysis) is 1. The lowest BCUT2D eigenvalue weighted by Gasteiger charge is -2.18. The third-order valence-corrected chi connectivity index (χ3v) is 5.40. The Morgan fingerprint density at radius 3 is 2.30 bits per heavy atom. The van der Waals surface area contributed by atoms with Crippen LogP contribution in [0.25, 0.3) is 11.1 Å². The molecule has 0 spiro atoms. The number of nitrogens with one attached hydrogen (secondary N) is 3. The highest BCUT2D eigenvalue weighted by molar-refractivity contribution is 5.89. The van der Waals surface area contributed by atoms with Gasteiger partial charge in [-0.3, -0.25) is 14.7 Å². The SMILES string of the molecule is Cc1nc(CNC(=O)C(CC(=O)O)NC(=O)OCC2c3ccccc3-c3ccccc32)n[nH]1. The number of aliphatic carboxylic acids is 1. The number of fused-ring (bicyclic) bond motifs is 3. The van der Waals surface area contributed by atoms with Gasteiger partial charge in [0.1, 0.15) is 18.5 Å². The van der Waals surface area contributed by atoms with Crippen molar-refractivity contribution >= 4 is 18.0 Å². The molecule has 0 aliphatic heterocycles. The number of amides is 2. The molecule has 4 rings (SSSR count). The van der Waals surface area contributed by atoms with E-state index in [2.05, 4.69) is 25.8 Å². The van der Waals surface area contributed by atoms with Crippen molar-refractivity contribution in [1.82, 2.24) is 25.8 Å². The van der Waals surface area contributed by atoms with Gasteiger partial charge in [-0.2, -0.15) is 5.10 Å². The summed E-state index contributed by atoms with van der Waals surface area (Å²) >= 11 is 0. The van der Waals surface area contributed by atoms with Gasteiger partial charge >= 0.3 is 12.1 Å². The van der Waals surface area contributed by atoms with E-state index in [1.807, 2.05) is 48.5 Å². The Morgan fingerprint density at radius 1 is 1.09 bits per heavy atom. The zero-order valence-corrected chi connectivity index (χ0v) is 17.9. The second kappa shape index (κ2) is 9.51. The smallest absolute Gasteiger partial charge is 0.407 e. The molecule has 1 unspecified atom stereocenters. The normalized spacial score (nSPS) is 13.0. The lowest BCUT2D eigenvalue weighted by molar-refractivity contribution is -0.139. The highest BCUT2D eigenvalue weighted by Gasteiger charge is 2.30. The van der Waals surface area contributed by atoms with Gasteiger partial charge in [-0.25, -0.2) is 9.78 Å². The van der Waals surface area contributed by atoms with Gasteiger partial charge < -0.3 is 20.5 Å². The van der Waals surface area contributed by atoms with E-state index in [0.717, 1.165) is 22.3 Å². The van der Waals surface area contributed by atoms with Crippen molar-refractivity contribution < 1.29 is 24.2 Å². The lowest BCUT2D eigenvalue weighted by atomic mass is 9.98. The Kier molecular flexibility index (Phi) is 6.34. The fourth-order valence-corrected chi connectivity index (χ4v) is 3.92. The van der Waals surface area contributed by atoms with Crippen molar-refractivity contribution in [3.05, 3.63) is 71.3 Å². The van der Waals surface area contributed by atoms with Crippen LogP contribution >= 0.6 is 0 Å². The Hall–Kier alpha value is -4.21. The topological polar surface area (TPSA) is 146 Å². The molecule has 170 valence electrons. The predicted octanol–water partition coefficient (Wildman–Crippen LogP) is 2.11. The van der Waals surface area contributed by atoms with Gasteiger partial charge in [0.25, 0.3) is 0 Å². The van der Waals surface area contributed by atoms with Crippen LogP contribution in [0.1, 0.15) is 35.1 Å². The minimum absolute atomic E-state index is 0.00827. The average Bonchev–Trinajstić information content (AvgIpc) is 3.36. The molecular formula is C23H23N5O5. The van der Waals surface area contributed by atoms with Gasteiger partial charge in [0, 0.05) is 5.92 Å². The lowest BCUT2D eigenvalue weighted by Crippen LogP contribution is -2.48. The molecule has 1 atom stereocenters. The van der Waals surface area contributed by atoms with E-state index in [4.69, 9.17) is 9.84 Å². The number of hydrogen-bond acceptors (Lipinski definition) is 6. The molecule has 0 saturated heterocycles. The third kappa shape index (κ3) is 5.00. The van der Waals surface area contributed by atoms with Gasteiger partial charge in [-0.1, -0.05) is 48.5 Å². The van der Waals surface area contributed by atoms with Gasteiger partial charge in [0.2, 0.25) is 5.91 Å². The molecule has 0 bridgehead atoms. The highest BCUT2D eigenvalue weighted by atomic mass is 16.5. The van der Waals surface area contributed by atoms with Crippen molar-refractivity contribution in [3.8, 4) is 11.1 Å². The number of nitrogens with zero attached hydrogens (tertiary/aromatic N) is 2. The van der Waals surface area contributed by atoms with Crippen LogP contribution in [0.3, 0.4) is 0 Å². The number of carboxylic acid groups (broad SMARTS) is 1. The minimum atomic E-state index is -1.31. The van der Waals surface area contributed by atoms with Gasteiger partial charge in [0.05, 0.1) is 13.0 Å². The third-order valence-electron chi connectivity index (χ3n) is 5.40. The molecule has 0 radical (unpaired) electrons. The maximum Gasteiger partial charge on any atom is 0.407 e. The number of carbonyl (C=O) groups excluding carboxylic acids is 2. The summed E-state index contributed by atoms with van der Waals surface area (Å²) in [5, 5.41) is 20.6. The molecule has 3 aromatic rings. The molecule has 0 saturated carbocycles. The largest absolute Gasteiger partial charge is 0.481 e. The first-order valence-corrected chi connectivity index (χ1v) is 10.4. The summed E-state index contributed by atoms with van der Waals surface area (Å²) in [4.78, 5) is 40.2. The van der Waals surface area contributed by atoms with Crippen LogP contribution < -0.4 is 10.6 Å². The van der Waals surface area contributed by atoms with Gasteiger partial charge in [-0.15, -0.1) is 0 Å². The van der Waals surface area contributed by atoms with E-state index < -0.39 is 30.4 Å². The maximum atomic E-state index is 12.5. The first-order chi connectivity index (χ1) is 15.9. The molecule has 4 N–H and O–H groups in total. The second-order valence-corrected chi connectivity index (χ2v) is 7.68. The number of rotatable bonds is 8. The van der Waals surface area contributed by atoms with Gasteiger partial charge in [-0.05, 0) is 29.2 Å². The molecular weight excluding hydrogens is 426 g/mol. The molecule has 1 heterocycles. The monoisotopic (exact) mass is 449 g/mol. The summed E-state index contributed by atoms with van der Waals surface area (Å²) in [5.41, 5.74) is 4.28. The van der Waals surface area contributed by atoms with E-state index in [1.165, 1.54) is 0 Å². The number of carbonyl (C=O) groups is 3. The van der Waals surface area contributed by atoms with Crippen LogP contribution in [0, 0.1) is 6.92 Å². The van der Waals surface area contributed by atoms with Crippen LogP contribution in [0.4, 0.5) is 4.79 Å². The van der Waals surface area contributed by atoms with Crippen LogP contribution in [-0.2, 0) is 20.9 Å². The molecule has 2 aromatic carbocycles. The van der Waals surface area contributed by atoms with E-state index in [0.29, 0.717) is 11.6 Å². The first-order valence-electron chi connectivity index (χ1n) is 10.4. The van der Waals surface area contributed by atoms with E-state index in [9.17, 15) is 14.4 Å². The van der Waals surface area contributed by atoms with Crippen LogP contribution in [-0.4, -0.2) is 50.9 Å². The summed E-state index contributed by atoms with van der Waals surface area (Å²) in [6.45, 7) is 1.76. The van der Waals surface area contributed by atoms with Crippen molar-refractivity contribution in [3.63, 3.8) is 0 Å². The Morgan fingerprint density at radius 2 is 1.73 bits per heavy atom. The zero-order valence-electron chi connectivity index (χ0n) is 17.9. The van der Waals surface area contributed by atoms with Crippen LogP contribution in [0.5, 0.6) is 0 Å². The first kappa shape index (κ1) is 22.0.